The van der Waals surface area contributed by atoms with Crippen molar-refractivity contribution in [2.24, 2.45) is 0 Å². The van der Waals surface area contributed by atoms with Crippen molar-refractivity contribution in [1.82, 2.24) is 4.98 Å². The lowest BCUT2D eigenvalue weighted by molar-refractivity contribution is -0.132. The summed E-state index contributed by atoms with van der Waals surface area (Å²) in [6.07, 6.45) is 1.77. The Morgan fingerprint density at radius 1 is 1.06 bits per heavy atom. The topological polar surface area (TPSA) is 82.6 Å². The molecule has 1 unspecified atom stereocenters. The zero-order chi connectivity index (χ0) is 23.8. The Morgan fingerprint density at radius 3 is 2.56 bits per heavy atom. The highest BCUT2D eigenvalue weighted by Gasteiger charge is 2.47. The van der Waals surface area contributed by atoms with Crippen LogP contribution in [0.5, 0.6) is 5.75 Å². The van der Waals surface area contributed by atoms with E-state index in [-0.39, 0.29) is 21.9 Å². The van der Waals surface area contributed by atoms with Crippen molar-refractivity contribution in [2.45, 2.75) is 13.0 Å². The Balaban J connectivity index is 1.78. The van der Waals surface area contributed by atoms with Crippen LogP contribution >= 0.6 is 11.6 Å². The Kier molecular flexibility index (Phi) is 5.59. The van der Waals surface area contributed by atoms with E-state index in [1.54, 1.807) is 48.7 Å². The van der Waals surface area contributed by atoms with Crippen LogP contribution in [0.1, 0.15) is 24.1 Å². The number of anilines is 1. The summed E-state index contributed by atoms with van der Waals surface area (Å²) in [5, 5.41) is 12.5. The third-order valence-electron chi connectivity index (χ3n) is 5.90. The molecular formula is C27H21ClN2O4. The van der Waals surface area contributed by atoms with Crippen molar-refractivity contribution in [3.8, 4) is 5.75 Å². The highest BCUT2D eigenvalue weighted by Crippen LogP contribution is 2.45. The minimum Gasteiger partial charge on any atom is -0.507 e. The number of amides is 1. The molecule has 0 radical (unpaired) electrons. The average molecular weight is 473 g/mol. The molecule has 1 aromatic heterocycles. The number of carbonyl (C=O) groups excluding carboxylic acids is 2. The van der Waals surface area contributed by atoms with Crippen molar-refractivity contribution < 1.29 is 19.4 Å². The number of nitrogens with one attached hydrogen (secondary N) is 1. The Morgan fingerprint density at radius 2 is 1.79 bits per heavy atom. The van der Waals surface area contributed by atoms with Gasteiger partial charge < -0.3 is 14.8 Å². The molecule has 0 aliphatic carbocycles. The molecule has 34 heavy (non-hydrogen) atoms. The fraction of sp³-hybridized carbons (Fsp3) is 0.111. The number of carbonyl (C=O) groups is 2. The van der Waals surface area contributed by atoms with E-state index in [9.17, 15) is 14.7 Å². The molecule has 1 fully saturated rings. The second-order valence-electron chi connectivity index (χ2n) is 7.87. The van der Waals surface area contributed by atoms with Gasteiger partial charge in [-0.3, -0.25) is 14.5 Å². The van der Waals surface area contributed by atoms with Crippen LogP contribution in [-0.4, -0.2) is 28.4 Å². The Hall–Kier alpha value is -4.03. The van der Waals surface area contributed by atoms with E-state index in [1.807, 2.05) is 37.3 Å². The molecule has 2 heterocycles. The molecule has 7 heteroatoms. The lowest BCUT2D eigenvalue weighted by atomic mass is 9.94. The van der Waals surface area contributed by atoms with Crippen molar-refractivity contribution in [1.29, 1.82) is 0 Å². The predicted molar refractivity (Wildman–Crippen MR) is 132 cm³/mol. The molecule has 4 aromatic rings. The number of para-hydroxylation sites is 2. The lowest BCUT2D eigenvalue weighted by Gasteiger charge is -2.25. The van der Waals surface area contributed by atoms with Gasteiger partial charge in [0.05, 0.1) is 23.2 Å². The summed E-state index contributed by atoms with van der Waals surface area (Å²) in [6, 6.07) is 20.5. The first kappa shape index (κ1) is 21.8. The lowest BCUT2D eigenvalue weighted by Crippen LogP contribution is -2.29. The van der Waals surface area contributed by atoms with E-state index in [0.717, 1.165) is 10.9 Å². The minimum atomic E-state index is -0.856. The predicted octanol–water partition coefficient (Wildman–Crippen LogP) is 5.85. The SMILES string of the molecule is CCOc1ccc(Cl)c(/C(O)=C2\C(=O)C(=O)N(c3ccccc3)C2c2c[nH]c3ccccc23)c1. The van der Waals surface area contributed by atoms with Gasteiger partial charge in [0.15, 0.2) is 0 Å². The zero-order valence-electron chi connectivity index (χ0n) is 18.3. The number of aromatic nitrogens is 1. The minimum absolute atomic E-state index is 0.0332. The fourth-order valence-electron chi connectivity index (χ4n) is 4.39. The molecule has 1 amide bonds. The molecule has 0 spiro atoms. The standard InChI is InChI=1S/C27H21ClN2O4/c1-2-34-17-12-13-21(28)19(14-17)25(31)23-24(20-15-29-22-11-7-6-10-18(20)22)30(27(33)26(23)32)16-8-4-3-5-9-16/h3-15,24,29,31H,2H2,1H3/b25-23+. The highest BCUT2D eigenvalue weighted by atomic mass is 35.5. The first-order valence-electron chi connectivity index (χ1n) is 10.9. The second kappa shape index (κ2) is 8.72. The molecule has 5 rings (SSSR count). The first-order valence-corrected chi connectivity index (χ1v) is 11.2. The fourth-order valence-corrected chi connectivity index (χ4v) is 4.60. The molecule has 0 saturated carbocycles. The molecule has 1 atom stereocenters. The quantitative estimate of drug-likeness (QED) is 0.217. The second-order valence-corrected chi connectivity index (χ2v) is 8.28. The number of hydrogen-bond acceptors (Lipinski definition) is 4. The maximum Gasteiger partial charge on any atom is 0.300 e. The summed E-state index contributed by atoms with van der Waals surface area (Å²) in [7, 11) is 0. The number of aliphatic hydroxyl groups excluding tert-OH is 1. The molecule has 6 nitrogen and oxygen atoms in total. The van der Waals surface area contributed by atoms with Gasteiger partial charge in [0.1, 0.15) is 11.5 Å². The molecule has 1 saturated heterocycles. The summed E-state index contributed by atoms with van der Waals surface area (Å²) in [5.41, 5.74) is 2.29. The van der Waals surface area contributed by atoms with E-state index in [1.165, 1.54) is 4.90 Å². The molecule has 0 bridgehead atoms. The average Bonchev–Trinajstić information content (AvgIpc) is 3.39. The maximum absolute atomic E-state index is 13.4. The summed E-state index contributed by atoms with van der Waals surface area (Å²) in [6.45, 7) is 2.27. The molecule has 1 aliphatic rings. The number of benzene rings is 3. The summed E-state index contributed by atoms with van der Waals surface area (Å²) < 4.78 is 5.55. The van der Waals surface area contributed by atoms with Crippen LogP contribution in [0, 0.1) is 0 Å². The maximum atomic E-state index is 13.4. The number of fused-ring (bicyclic) bond motifs is 1. The zero-order valence-corrected chi connectivity index (χ0v) is 19.0. The van der Waals surface area contributed by atoms with Crippen LogP contribution in [0.3, 0.4) is 0 Å². The van der Waals surface area contributed by atoms with Crippen molar-refractivity contribution in [3.05, 3.63) is 101 Å². The van der Waals surface area contributed by atoms with E-state index in [0.29, 0.717) is 23.6 Å². The largest absolute Gasteiger partial charge is 0.507 e. The van der Waals surface area contributed by atoms with Gasteiger partial charge in [-0.15, -0.1) is 0 Å². The van der Waals surface area contributed by atoms with Crippen LogP contribution in [-0.2, 0) is 9.59 Å². The van der Waals surface area contributed by atoms with Gasteiger partial charge >= 0.3 is 0 Å². The van der Waals surface area contributed by atoms with Gasteiger partial charge in [-0.25, -0.2) is 0 Å². The third-order valence-corrected chi connectivity index (χ3v) is 6.23. The van der Waals surface area contributed by atoms with Gasteiger partial charge in [0.25, 0.3) is 11.7 Å². The molecule has 170 valence electrons. The number of ketones is 1. The number of hydrogen-bond donors (Lipinski definition) is 2. The number of rotatable bonds is 5. The number of halogens is 1. The van der Waals surface area contributed by atoms with Gasteiger partial charge in [-0.2, -0.15) is 0 Å². The van der Waals surface area contributed by atoms with E-state index >= 15 is 0 Å². The molecular weight excluding hydrogens is 452 g/mol. The summed E-state index contributed by atoms with van der Waals surface area (Å²) in [5.74, 6) is -1.36. The normalized spacial score (nSPS) is 17.5. The van der Waals surface area contributed by atoms with Crippen LogP contribution in [0.15, 0.2) is 84.6 Å². The van der Waals surface area contributed by atoms with Crippen LogP contribution < -0.4 is 9.64 Å². The molecule has 2 N–H and O–H groups in total. The number of Topliss-reactive ketones (excluding diaryl/α,β-unsaturated/α-hetero) is 1. The van der Waals surface area contributed by atoms with Gasteiger partial charge in [-0.1, -0.05) is 48.0 Å². The van der Waals surface area contributed by atoms with Crippen LogP contribution in [0.2, 0.25) is 5.02 Å². The number of aliphatic hydroxyl groups is 1. The number of nitrogens with zero attached hydrogens (tertiary/aromatic N) is 1. The number of ether oxygens (including phenoxy) is 1. The van der Waals surface area contributed by atoms with Crippen molar-refractivity contribution in [2.75, 3.05) is 11.5 Å². The van der Waals surface area contributed by atoms with Crippen molar-refractivity contribution >= 4 is 45.6 Å². The van der Waals surface area contributed by atoms with Gasteiger partial charge in [-0.05, 0) is 43.3 Å². The monoisotopic (exact) mass is 472 g/mol. The van der Waals surface area contributed by atoms with Gasteiger partial charge in [0.2, 0.25) is 0 Å². The smallest absolute Gasteiger partial charge is 0.300 e. The van der Waals surface area contributed by atoms with Gasteiger partial charge in [0, 0.05) is 33.9 Å². The summed E-state index contributed by atoms with van der Waals surface area (Å²) in [4.78, 5) is 31.3. The Bertz CT molecular complexity index is 1440. The molecule has 1 aliphatic heterocycles. The van der Waals surface area contributed by atoms with Crippen molar-refractivity contribution in [3.63, 3.8) is 0 Å². The first-order chi connectivity index (χ1) is 16.5. The van der Waals surface area contributed by atoms with Crippen LogP contribution in [0.4, 0.5) is 5.69 Å². The van der Waals surface area contributed by atoms with E-state index in [2.05, 4.69) is 4.98 Å². The summed E-state index contributed by atoms with van der Waals surface area (Å²) >= 11 is 6.41. The Labute approximate surface area is 201 Å². The third kappa shape index (κ3) is 3.53. The van der Waals surface area contributed by atoms with E-state index < -0.39 is 17.7 Å². The molecule has 3 aromatic carbocycles. The number of H-pyrrole nitrogens is 1. The highest BCUT2D eigenvalue weighted by molar-refractivity contribution is 6.52. The number of aromatic amines is 1. The van der Waals surface area contributed by atoms with Crippen LogP contribution in [0.25, 0.3) is 16.7 Å². The van der Waals surface area contributed by atoms with E-state index in [4.69, 9.17) is 16.3 Å².